The quantitative estimate of drug-likeness (QED) is 0.323. The van der Waals surface area contributed by atoms with Gasteiger partial charge < -0.3 is 0 Å². The third-order valence-electron chi connectivity index (χ3n) is 5.33. The zero-order valence-electron chi connectivity index (χ0n) is 19.5. The van der Waals surface area contributed by atoms with E-state index in [1.165, 1.54) is 17.7 Å². The zero-order valence-corrected chi connectivity index (χ0v) is 21.0. The number of nitrogens with zero attached hydrogens (tertiary/aromatic N) is 2. The monoisotopic (exact) mass is 497 g/mol. The van der Waals surface area contributed by atoms with Crippen LogP contribution >= 0.6 is 11.6 Å². The highest BCUT2D eigenvalue weighted by Crippen LogP contribution is 2.28. The van der Waals surface area contributed by atoms with Crippen LogP contribution in [0.4, 0.5) is 5.69 Å². The van der Waals surface area contributed by atoms with E-state index in [4.69, 9.17) is 11.6 Å². The molecule has 3 aromatic carbocycles. The minimum absolute atomic E-state index is 0.0881. The molecule has 0 aliphatic carbocycles. The van der Waals surface area contributed by atoms with E-state index in [1.807, 2.05) is 51.1 Å². The summed E-state index contributed by atoms with van der Waals surface area (Å²) in [5.74, 6) is -0.550. The third kappa shape index (κ3) is 6.68. The normalized spacial score (nSPS) is 11.8. The standard InChI is InChI=1S/C26H28ClN3O3S/c1-19-9-15-24(16-10-19)34(32,33)30(23-14-11-20(2)25(27)17-23)18-26(31)29-28-21(3)12-13-22-7-5-4-6-8-22/h4-11,14-17H,12-13,18H2,1-3H3,(H,29,31)/b28-21-. The second kappa shape index (κ2) is 11.3. The predicted octanol–water partition coefficient (Wildman–Crippen LogP) is 5.28. The second-order valence-electron chi connectivity index (χ2n) is 8.13. The van der Waals surface area contributed by atoms with Crippen molar-refractivity contribution in [2.24, 2.45) is 5.10 Å². The highest BCUT2D eigenvalue weighted by atomic mass is 35.5. The van der Waals surface area contributed by atoms with Crippen LogP contribution in [-0.2, 0) is 21.2 Å². The fraction of sp³-hybridized carbons (Fsp3) is 0.231. The lowest BCUT2D eigenvalue weighted by atomic mass is 10.1. The van der Waals surface area contributed by atoms with Gasteiger partial charge in [-0.3, -0.25) is 9.10 Å². The molecule has 0 aliphatic rings. The molecule has 0 saturated carbocycles. The number of anilines is 1. The van der Waals surface area contributed by atoms with Crippen molar-refractivity contribution in [2.45, 2.75) is 38.5 Å². The summed E-state index contributed by atoms with van der Waals surface area (Å²) in [4.78, 5) is 12.8. The van der Waals surface area contributed by atoms with E-state index >= 15 is 0 Å². The van der Waals surface area contributed by atoms with Crippen LogP contribution in [0.15, 0.2) is 82.8 Å². The largest absolute Gasteiger partial charge is 0.271 e. The molecule has 0 fully saturated rings. The molecule has 8 heteroatoms. The topological polar surface area (TPSA) is 78.8 Å². The average molecular weight is 498 g/mol. The maximum Gasteiger partial charge on any atom is 0.264 e. The molecule has 178 valence electrons. The fourth-order valence-electron chi connectivity index (χ4n) is 3.24. The van der Waals surface area contributed by atoms with Crippen LogP contribution < -0.4 is 9.73 Å². The number of rotatable bonds is 9. The van der Waals surface area contributed by atoms with Crippen molar-refractivity contribution in [3.8, 4) is 0 Å². The SMILES string of the molecule is C/C(CCc1ccccc1)=N/NC(=O)CN(c1ccc(C)c(Cl)c1)S(=O)(=O)c1ccc(C)cc1. The number of nitrogens with one attached hydrogen (secondary N) is 1. The molecule has 0 bridgehead atoms. The van der Waals surface area contributed by atoms with Crippen molar-refractivity contribution in [2.75, 3.05) is 10.8 Å². The number of sulfonamides is 1. The smallest absolute Gasteiger partial charge is 0.264 e. The molecule has 0 unspecified atom stereocenters. The van der Waals surface area contributed by atoms with Crippen LogP contribution in [-0.4, -0.2) is 26.6 Å². The first-order valence-corrected chi connectivity index (χ1v) is 12.7. The predicted molar refractivity (Wildman–Crippen MR) is 138 cm³/mol. The highest BCUT2D eigenvalue weighted by molar-refractivity contribution is 7.92. The lowest BCUT2D eigenvalue weighted by Gasteiger charge is -2.24. The van der Waals surface area contributed by atoms with Crippen LogP contribution in [0.25, 0.3) is 0 Å². The summed E-state index contributed by atoms with van der Waals surface area (Å²) >= 11 is 6.26. The molecule has 34 heavy (non-hydrogen) atoms. The molecule has 0 spiro atoms. The van der Waals surface area contributed by atoms with Crippen molar-refractivity contribution in [1.82, 2.24) is 5.43 Å². The number of carbonyl (C=O) groups is 1. The molecule has 0 radical (unpaired) electrons. The van der Waals surface area contributed by atoms with Crippen LogP contribution in [0, 0.1) is 13.8 Å². The molecule has 1 amide bonds. The van der Waals surface area contributed by atoms with E-state index in [-0.39, 0.29) is 4.90 Å². The first kappa shape index (κ1) is 25.5. The molecule has 0 heterocycles. The summed E-state index contributed by atoms with van der Waals surface area (Å²) in [6.45, 7) is 5.08. The van der Waals surface area contributed by atoms with E-state index in [1.54, 1.807) is 30.3 Å². The van der Waals surface area contributed by atoms with Crippen LogP contribution in [0.1, 0.15) is 30.0 Å². The van der Waals surface area contributed by atoms with E-state index in [2.05, 4.69) is 10.5 Å². The minimum Gasteiger partial charge on any atom is -0.271 e. The molecular weight excluding hydrogens is 470 g/mol. The maximum atomic E-state index is 13.4. The fourth-order valence-corrected chi connectivity index (χ4v) is 4.83. The summed E-state index contributed by atoms with van der Waals surface area (Å²) in [5.41, 5.74) is 6.44. The van der Waals surface area contributed by atoms with Gasteiger partial charge in [-0.05, 0) is 69.0 Å². The Balaban J connectivity index is 1.78. The average Bonchev–Trinajstić information content (AvgIpc) is 2.82. The minimum atomic E-state index is -4.01. The van der Waals surface area contributed by atoms with E-state index in [0.29, 0.717) is 17.1 Å². The van der Waals surface area contributed by atoms with E-state index in [0.717, 1.165) is 27.6 Å². The summed E-state index contributed by atoms with van der Waals surface area (Å²) in [6, 6.07) is 21.4. The van der Waals surface area contributed by atoms with Crippen molar-refractivity contribution in [1.29, 1.82) is 0 Å². The number of hydrazone groups is 1. The molecule has 3 rings (SSSR count). The Bertz CT molecular complexity index is 1270. The molecule has 1 N–H and O–H groups in total. The van der Waals surface area contributed by atoms with Gasteiger partial charge in [-0.25, -0.2) is 13.8 Å². The van der Waals surface area contributed by atoms with Crippen molar-refractivity contribution in [3.05, 3.63) is 94.5 Å². The van der Waals surface area contributed by atoms with Gasteiger partial charge in [-0.1, -0.05) is 65.7 Å². The number of hydrogen-bond acceptors (Lipinski definition) is 4. The van der Waals surface area contributed by atoms with Gasteiger partial charge >= 0.3 is 0 Å². The van der Waals surface area contributed by atoms with Gasteiger partial charge in [0.05, 0.1) is 10.6 Å². The number of benzene rings is 3. The van der Waals surface area contributed by atoms with Gasteiger partial charge in [-0.2, -0.15) is 5.10 Å². The Kier molecular flexibility index (Phi) is 8.47. The van der Waals surface area contributed by atoms with Crippen molar-refractivity contribution >= 4 is 38.9 Å². The zero-order chi connectivity index (χ0) is 24.7. The Morgan fingerprint density at radius 3 is 2.32 bits per heavy atom. The molecule has 0 saturated heterocycles. The van der Waals surface area contributed by atoms with Gasteiger partial charge in [0.2, 0.25) is 0 Å². The molecule has 0 atom stereocenters. The number of halogens is 1. The van der Waals surface area contributed by atoms with Gasteiger partial charge in [0.25, 0.3) is 15.9 Å². The molecule has 6 nitrogen and oxygen atoms in total. The number of carbonyl (C=O) groups excluding carboxylic acids is 1. The number of hydrogen-bond donors (Lipinski definition) is 1. The highest BCUT2D eigenvalue weighted by Gasteiger charge is 2.27. The van der Waals surface area contributed by atoms with Crippen LogP contribution in [0.3, 0.4) is 0 Å². The van der Waals surface area contributed by atoms with Crippen molar-refractivity contribution in [3.63, 3.8) is 0 Å². The van der Waals surface area contributed by atoms with Crippen LogP contribution in [0.2, 0.25) is 5.02 Å². The number of aryl methyl sites for hydroxylation is 3. The van der Waals surface area contributed by atoms with E-state index < -0.39 is 22.5 Å². The van der Waals surface area contributed by atoms with Gasteiger partial charge in [-0.15, -0.1) is 0 Å². The number of amides is 1. The first-order valence-electron chi connectivity index (χ1n) is 10.9. The Hall–Kier alpha value is -3.16. The molecule has 0 aromatic heterocycles. The first-order chi connectivity index (χ1) is 16.2. The van der Waals surface area contributed by atoms with Gasteiger partial charge in [0, 0.05) is 10.7 Å². The Morgan fingerprint density at radius 2 is 1.68 bits per heavy atom. The molecular formula is C26H28ClN3O3S. The Morgan fingerprint density at radius 1 is 1.00 bits per heavy atom. The van der Waals surface area contributed by atoms with Crippen molar-refractivity contribution < 1.29 is 13.2 Å². The summed E-state index contributed by atoms with van der Waals surface area (Å²) in [7, 11) is -4.01. The van der Waals surface area contributed by atoms with E-state index in [9.17, 15) is 13.2 Å². The maximum absolute atomic E-state index is 13.4. The summed E-state index contributed by atoms with van der Waals surface area (Å²) in [5, 5.41) is 4.57. The van der Waals surface area contributed by atoms with Gasteiger partial charge in [0.1, 0.15) is 6.54 Å². The second-order valence-corrected chi connectivity index (χ2v) is 10.4. The van der Waals surface area contributed by atoms with Crippen LogP contribution in [0.5, 0.6) is 0 Å². The lowest BCUT2D eigenvalue weighted by Crippen LogP contribution is -2.39. The summed E-state index contributed by atoms with van der Waals surface area (Å²) < 4.78 is 27.9. The van der Waals surface area contributed by atoms with Gasteiger partial charge in [0.15, 0.2) is 0 Å². The Labute approximate surface area is 206 Å². The molecule has 3 aromatic rings. The third-order valence-corrected chi connectivity index (χ3v) is 7.52. The molecule has 0 aliphatic heterocycles. The summed E-state index contributed by atoms with van der Waals surface area (Å²) in [6.07, 6.45) is 1.46. The lowest BCUT2D eigenvalue weighted by molar-refractivity contribution is -0.119.